The van der Waals surface area contributed by atoms with Crippen molar-refractivity contribution in [2.24, 2.45) is 5.92 Å². The molecular weight excluding hydrogens is 473 g/mol. The molecule has 2 aromatic rings. The number of amides is 3. The summed E-state index contributed by atoms with van der Waals surface area (Å²) in [5, 5.41) is 6.98. The van der Waals surface area contributed by atoms with E-state index in [1.165, 1.54) is 12.1 Å². The fraction of sp³-hybridized carbons (Fsp3) is 0.607. The second-order valence-corrected chi connectivity index (χ2v) is 11.0. The molecular formula is C28H38FN5O3. The van der Waals surface area contributed by atoms with Gasteiger partial charge in [0, 0.05) is 43.0 Å². The van der Waals surface area contributed by atoms with Gasteiger partial charge in [-0.1, -0.05) is 19.3 Å². The fourth-order valence-corrected chi connectivity index (χ4v) is 6.85. The van der Waals surface area contributed by atoms with Gasteiger partial charge in [0.1, 0.15) is 11.9 Å². The van der Waals surface area contributed by atoms with Crippen molar-refractivity contribution in [1.29, 1.82) is 0 Å². The molecule has 3 aliphatic rings. The maximum atomic E-state index is 14.3. The highest BCUT2D eigenvalue weighted by Crippen LogP contribution is 2.44. The number of benzene rings is 1. The number of fused-ring (bicyclic) bond motifs is 2. The average molecular weight is 512 g/mol. The Balaban J connectivity index is 1.48. The van der Waals surface area contributed by atoms with Gasteiger partial charge in [-0.3, -0.25) is 14.4 Å². The summed E-state index contributed by atoms with van der Waals surface area (Å²) in [6, 6.07) is 3.46. The van der Waals surface area contributed by atoms with E-state index in [0.717, 1.165) is 43.1 Å². The van der Waals surface area contributed by atoms with Crippen LogP contribution in [0, 0.1) is 11.7 Å². The molecule has 0 unspecified atom stereocenters. The molecule has 0 radical (unpaired) electrons. The Hall–Kier alpha value is -2.94. The van der Waals surface area contributed by atoms with Crippen molar-refractivity contribution in [3.8, 4) is 0 Å². The Morgan fingerprint density at radius 2 is 1.86 bits per heavy atom. The van der Waals surface area contributed by atoms with Crippen molar-refractivity contribution in [1.82, 2.24) is 25.4 Å². The molecule has 5 rings (SSSR count). The lowest BCUT2D eigenvalue weighted by molar-refractivity contribution is -0.140. The molecule has 0 bridgehead atoms. The van der Waals surface area contributed by atoms with E-state index in [2.05, 4.69) is 15.6 Å². The van der Waals surface area contributed by atoms with Crippen molar-refractivity contribution in [3.05, 3.63) is 35.8 Å². The third kappa shape index (κ3) is 4.74. The van der Waals surface area contributed by atoms with Crippen LogP contribution >= 0.6 is 0 Å². The van der Waals surface area contributed by atoms with Crippen LogP contribution in [0.15, 0.2) is 24.4 Å². The Labute approximate surface area is 217 Å². The summed E-state index contributed by atoms with van der Waals surface area (Å²) in [7, 11) is 1.74. The molecule has 3 N–H and O–H groups in total. The number of carbonyl (C=O) groups excluding carboxylic acids is 3. The fourth-order valence-electron chi connectivity index (χ4n) is 6.85. The number of likely N-dealkylation sites (N-methyl/N-ethyl adjacent to an activating group) is 1. The molecule has 3 heterocycles. The number of H-pyrrole nitrogens is 1. The highest BCUT2D eigenvalue weighted by Gasteiger charge is 2.53. The highest BCUT2D eigenvalue weighted by atomic mass is 19.1. The first kappa shape index (κ1) is 25.7. The average Bonchev–Trinajstić information content (AvgIpc) is 3.60. The molecule has 1 aliphatic carbocycles. The van der Waals surface area contributed by atoms with Crippen LogP contribution in [0.3, 0.4) is 0 Å². The lowest BCUT2D eigenvalue weighted by Gasteiger charge is -2.36. The van der Waals surface area contributed by atoms with Crippen LogP contribution in [0.5, 0.6) is 0 Å². The summed E-state index contributed by atoms with van der Waals surface area (Å²) in [6.45, 7) is 4.43. The van der Waals surface area contributed by atoms with E-state index in [1.807, 2.05) is 16.0 Å². The SMILES string of the molecule is CN[C@@H](C)C(=O)N[C@H](C(=O)N1CC[C@@H]2[C@H]1[C@@H](c1c[nH]c3cc(F)ccc13)CN2C(C)=O)C1CCCCC1. The molecule has 9 heteroatoms. The third-order valence-electron chi connectivity index (χ3n) is 8.90. The van der Waals surface area contributed by atoms with E-state index < -0.39 is 12.1 Å². The van der Waals surface area contributed by atoms with Crippen LogP contribution in [0.2, 0.25) is 0 Å². The number of aromatic amines is 1. The first-order valence-corrected chi connectivity index (χ1v) is 13.6. The zero-order chi connectivity index (χ0) is 26.3. The maximum absolute atomic E-state index is 14.3. The molecule has 37 heavy (non-hydrogen) atoms. The molecule has 1 saturated carbocycles. The lowest BCUT2D eigenvalue weighted by Crippen LogP contribution is -2.57. The number of aromatic nitrogens is 1. The maximum Gasteiger partial charge on any atom is 0.245 e. The quantitative estimate of drug-likeness (QED) is 0.556. The molecule has 3 amide bonds. The number of halogens is 1. The zero-order valence-corrected chi connectivity index (χ0v) is 21.9. The number of likely N-dealkylation sites (tertiary alicyclic amines) is 2. The predicted molar refractivity (Wildman–Crippen MR) is 139 cm³/mol. The van der Waals surface area contributed by atoms with Gasteiger partial charge in [0.25, 0.3) is 0 Å². The van der Waals surface area contributed by atoms with E-state index in [-0.39, 0.29) is 47.5 Å². The molecule has 0 spiro atoms. The summed E-state index contributed by atoms with van der Waals surface area (Å²) in [4.78, 5) is 46.8. The Morgan fingerprint density at radius 3 is 2.57 bits per heavy atom. The van der Waals surface area contributed by atoms with Crippen LogP contribution in [0.4, 0.5) is 4.39 Å². The second kappa shape index (κ2) is 10.4. The highest BCUT2D eigenvalue weighted by molar-refractivity contribution is 5.91. The van der Waals surface area contributed by atoms with Gasteiger partial charge in [-0.25, -0.2) is 4.39 Å². The van der Waals surface area contributed by atoms with Crippen molar-refractivity contribution >= 4 is 28.6 Å². The lowest BCUT2D eigenvalue weighted by atomic mass is 9.82. The van der Waals surface area contributed by atoms with E-state index in [0.29, 0.717) is 25.0 Å². The van der Waals surface area contributed by atoms with Crippen molar-refractivity contribution < 1.29 is 18.8 Å². The Morgan fingerprint density at radius 1 is 1.11 bits per heavy atom. The van der Waals surface area contributed by atoms with Crippen LogP contribution in [-0.4, -0.2) is 76.8 Å². The van der Waals surface area contributed by atoms with E-state index in [4.69, 9.17) is 0 Å². The normalized spacial score (nSPS) is 25.8. The van der Waals surface area contributed by atoms with Gasteiger partial charge in [0.2, 0.25) is 17.7 Å². The largest absolute Gasteiger partial charge is 0.361 e. The predicted octanol–water partition coefficient (Wildman–Crippen LogP) is 2.90. The van der Waals surface area contributed by atoms with Crippen LogP contribution in [-0.2, 0) is 14.4 Å². The Kier molecular flexibility index (Phi) is 7.25. The summed E-state index contributed by atoms with van der Waals surface area (Å²) in [6.07, 6.45) is 7.72. The number of rotatable bonds is 6. The minimum Gasteiger partial charge on any atom is -0.361 e. The number of carbonyl (C=O) groups is 3. The topological polar surface area (TPSA) is 97.5 Å². The Bertz CT molecular complexity index is 1180. The molecule has 2 aliphatic heterocycles. The van der Waals surface area contributed by atoms with Gasteiger partial charge in [0.15, 0.2) is 0 Å². The molecule has 5 atom stereocenters. The first-order chi connectivity index (χ1) is 17.8. The summed E-state index contributed by atoms with van der Waals surface area (Å²) in [5.41, 5.74) is 1.70. The number of nitrogens with zero attached hydrogens (tertiary/aromatic N) is 2. The monoisotopic (exact) mass is 511 g/mol. The summed E-state index contributed by atoms with van der Waals surface area (Å²) < 4.78 is 13.9. The molecule has 2 saturated heterocycles. The number of hydrogen-bond acceptors (Lipinski definition) is 4. The first-order valence-electron chi connectivity index (χ1n) is 13.6. The minimum atomic E-state index is -0.577. The number of hydrogen-bond donors (Lipinski definition) is 3. The van der Waals surface area contributed by atoms with Crippen LogP contribution < -0.4 is 10.6 Å². The van der Waals surface area contributed by atoms with E-state index in [9.17, 15) is 18.8 Å². The van der Waals surface area contributed by atoms with Crippen LogP contribution in [0.1, 0.15) is 63.9 Å². The number of nitrogens with one attached hydrogen (secondary N) is 3. The van der Waals surface area contributed by atoms with Gasteiger partial charge in [-0.2, -0.15) is 0 Å². The van der Waals surface area contributed by atoms with Gasteiger partial charge in [-0.15, -0.1) is 0 Å². The summed E-state index contributed by atoms with van der Waals surface area (Å²) in [5.74, 6) is -0.522. The van der Waals surface area contributed by atoms with Gasteiger partial charge in [0.05, 0.1) is 18.1 Å². The molecule has 8 nitrogen and oxygen atoms in total. The molecule has 3 fully saturated rings. The molecule has 1 aromatic carbocycles. The van der Waals surface area contributed by atoms with Crippen molar-refractivity contribution in [2.45, 2.75) is 82.5 Å². The molecule has 1 aromatic heterocycles. The van der Waals surface area contributed by atoms with Gasteiger partial charge < -0.3 is 25.4 Å². The standard InChI is InChI=1S/C28H38FN5O3/c1-16(30-3)27(36)32-25(18-7-5-4-6-8-18)28(37)33-12-11-24-26(33)22(15-34(24)17(2)35)21-14-31-23-13-19(29)9-10-20(21)23/h9-10,13-14,16,18,22,24-26,30-31H,4-8,11-12,15H2,1-3H3,(H,32,36)/t16-,22+,24+,25-,26+/m0/s1. The zero-order valence-electron chi connectivity index (χ0n) is 21.9. The van der Waals surface area contributed by atoms with Gasteiger partial charge >= 0.3 is 0 Å². The van der Waals surface area contributed by atoms with E-state index in [1.54, 1.807) is 27.0 Å². The molecule has 200 valence electrons. The second-order valence-electron chi connectivity index (χ2n) is 11.0. The minimum absolute atomic E-state index is 0.00216. The van der Waals surface area contributed by atoms with Crippen LogP contribution in [0.25, 0.3) is 10.9 Å². The third-order valence-corrected chi connectivity index (χ3v) is 8.90. The van der Waals surface area contributed by atoms with E-state index >= 15 is 0 Å². The van der Waals surface area contributed by atoms with Gasteiger partial charge in [-0.05, 0) is 62.9 Å². The van der Waals surface area contributed by atoms with Crippen molar-refractivity contribution in [2.75, 3.05) is 20.1 Å². The van der Waals surface area contributed by atoms with Crippen molar-refractivity contribution in [3.63, 3.8) is 0 Å². The smallest absolute Gasteiger partial charge is 0.245 e. The summed E-state index contributed by atoms with van der Waals surface area (Å²) >= 11 is 0.